The average Bonchev–Trinajstić information content (AvgIpc) is 2.62. The van der Waals surface area contributed by atoms with Crippen LogP contribution in [0.25, 0.3) is 0 Å². The maximum atomic E-state index is 12.0. The molecule has 0 N–H and O–H groups in total. The zero-order valence-corrected chi connectivity index (χ0v) is 12.3. The predicted octanol–water partition coefficient (Wildman–Crippen LogP) is 2.23. The second kappa shape index (κ2) is 5.19. The van der Waals surface area contributed by atoms with Crippen molar-refractivity contribution in [3.8, 4) is 0 Å². The molecule has 1 aliphatic rings. The molecule has 7 heteroatoms. The lowest BCUT2D eigenvalue weighted by Gasteiger charge is -2.34. The molecule has 0 aromatic carbocycles. The molecule has 1 aromatic rings. The van der Waals surface area contributed by atoms with Crippen LogP contribution in [0, 0.1) is 0 Å². The fraction of sp³-hybridized carbons (Fsp3) is 0.545. The molecule has 1 heterocycles. The highest BCUT2D eigenvalue weighted by atomic mass is 35.7. The van der Waals surface area contributed by atoms with Gasteiger partial charge in [-0.05, 0) is 31.4 Å². The third kappa shape index (κ3) is 3.05. The molecule has 0 unspecified atom stereocenters. The largest absolute Gasteiger partial charge is 0.342 e. The summed E-state index contributed by atoms with van der Waals surface area (Å²) < 4.78 is 22.3. The molecule has 18 heavy (non-hydrogen) atoms. The lowest BCUT2D eigenvalue weighted by Crippen LogP contribution is -2.41. The fourth-order valence-corrected chi connectivity index (χ4v) is 3.95. The van der Waals surface area contributed by atoms with Gasteiger partial charge in [0.25, 0.3) is 9.05 Å². The van der Waals surface area contributed by atoms with Gasteiger partial charge in [-0.2, -0.15) is 0 Å². The highest BCUT2D eigenvalue weighted by Crippen LogP contribution is 2.27. The van der Waals surface area contributed by atoms with Crippen LogP contribution in [0.15, 0.2) is 16.3 Å². The minimum atomic E-state index is -3.68. The Balaban J connectivity index is 2.01. The Kier molecular flexibility index (Phi) is 3.99. The minimum Gasteiger partial charge on any atom is -0.342 e. The Labute approximate surface area is 115 Å². The van der Waals surface area contributed by atoms with Gasteiger partial charge in [-0.15, -0.1) is 11.3 Å². The zero-order chi connectivity index (χ0) is 13.3. The van der Waals surface area contributed by atoms with Crippen LogP contribution in [0.2, 0.25) is 0 Å². The highest BCUT2D eigenvalue weighted by Gasteiger charge is 2.26. The van der Waals surface area contributed by atoms with Crippen molar-refractivity contribution in [2.24, 2.45) is 0 Å². The molecule has 1 saturated carbocycles. The first-order chi connectivity index (χ1) is 8.38. The summed E-state index contributed by atoms with van der Waals surface area (Å²) in [5, 5.41) is 0. The molecule has 0 atom stereocenters. The van der Waals surface area contributed by atoms with Crippen molar-refractivity contribution in [2.45, 2.75) is 35.9 Å². The first kappa shape index (κ1) is 13.8. The molecule has 1 aliphatic carbocycles. The van der Waals surface area contributed by atoms with E-state index in [0.717, 1.165) is 29.1 Å². The number of carbonyl (C=O) groups excluding carboxylic acids is 1. The number of nitrogens with zero attached hydrogens (tertiary/aromatic N) is 1. The Bertz CT molecular complexity index is 548. The van der Waals surface area contributed by atoms with Crippen LogP contribution in [0.4, 0.5) is 0 Å². The molecule has 1 aromatic heterocycles. The van der Waals surface area contributed by atoms with Crippen molar-refractivity contribution in [3.63, 3.8) is 0 Å². The van der Waals surface area contributed by atoms with Crippen LogP contribution < -0.4 is 0 Å². The SMILES string of the molecule is CN(C(=O)Cc1ccc(S(=O)(=O)Cl)s1)C1CCC1. The summed E-state index contributed by atoms with van der Waals surface area (Å²) in [7, 11) is 3.36. The number of thiophene rings is 1. The maximum absolute atomic E-state index is 12.0. The number of amides is 1. The van der Waals surface area contributed by atoms with Crippen molar-refractivity contribution < 1.29 is 13.2 Å². The lowest BCUT2D eigenvalue weighted by atomic mass is 9.92. The molecule has 0 bridgehead atoms. The van der Waals surface area contributed by atoms with Crippen molar-refractivity contribution in [3.05, 3.63) is 17.0 Å². The molecule has 100 valence electrons. The van der Waals surface area contributed by atoms with Crippen molar-refractivity contribution in [1.82, 2.24) is 4.90 Å². The van der Waals surface area contributed by atoms with Crippen LogP contribution in [0.5, 0.6) is 0 Å². The second-order valence-electron chi connectivity index (χ2n) is 4.42. The molecule has 1 fully saturated rings. The molecule has 0 spiro atoms. The van der Waals surface area contributed by atoms with Crippen LogP contribution in [-0.2, 0) is 20.3 Å². The van der Waals surface area contributed by atoms with Gasteiger partial charge in [-0.3, -0.25) is 4.79 Å². The van der Waals surface area contributed by atoms with Crippen LogP contribution >= 0.6 is 22.0 Å². The highest BCUT2D eigenvalue weighted by molar-refractivity contribution is 8.15. The summed E-state index contributed by atoms with van der Waals surface area (Å²) in [6, 6.07) is 3.44. The van der Waals surface area contributed by atoms with E-state index >= 15 is 0 Å². The maximum Gasteiger partial charge on any atom is 0.270 e. The quantitative estimate of drug-likeness (QED) is 0.802. The zero-order valence-electron chi connectivity index (χ0n) is 9.93. The number of hydrogen-bond acceptors (Lipinski definition) is 4. The van der Waals surface area contributed by atoms with Crippen molar-refractivity contribution in [2.75, 3.05) is 7.05 Å². The van der Waals surface area contributed by atoms with E-state index in [0.29, 0.717) is 6.04 Å². The Morgan fingerprint density at radius 1 is 1.50 bits per heavy atom. The summed E-state index contributed by atoms with van der Waals surface area (Å²) in [5.41, 5.74) is 0. The normalized spacial score (nSPS) is 16.3. The van der Waals surface area contributed by atoms with Gasteiger partial charge in [0.05, 0.1) is 6.42 Å². The minimum absolute atomic E-state index is 0.0278. The standard InChI is InChI=1S/C11H14ClNO3S2/c1-13(8-3-2-4-8)10(14)7-9-5-6-11(17-9)18(12,15)16/h5-6,8H,2-4,7H2,1H3. The monoisotopic (exact) mass is 307 g/mol. The van der Waals surface area contributed by atoms with E-state index in [1.165, 1.54) is 12.5 Å². The topological polar surface area (TPSA) is 54.5 Å². The Morgan fingerprint density at radius 3 is 2.61 bits per heavy atom. The Morgan fingerprint density at radius 2 is 2.17 bits per heavy atom. The smallest absolute Gasteiger partial charge is 0.270 e. The number of rotatable bonds is 4. The second-order valence-corrected chi connectivity index (χ2v) is 8.39. The summed E-state index contributed by atoms with van der Waals surface area (Å²) in [6.45, 7) is 0. The lowest BCUT2D eigenvalue weighted by molar-refractivity contribution is -0.132. The molecule has 0 aliphatic heterocycles. The number of likely N-dealkylation sites (N-methyl/N-ethyl adjacent to an activating group) is 1. The van der Waals surface area contributed by atoms with E-state index in [1.807, 2.05) is 0 Å². The van der Waals surface area contributed by atoms with E-state index in [-0.39, 0.29) is 16.5 Å². The third-order valence-corrected chi connectivity index (χ3v) is 6.40. The van der Waals surface area contributed by atoms with Gasteiger partial charge < -0.3 is 4.90 Å². The first-order valence-corrected chi connectivity index (χ1v) is 8.79. The van der Waals surface area contributed by atoms with E-state index < -0.39 is 9.05 Å². The summed E-state index contributed by atoms with van der Waals surface area (Å²) in [5.74, 6) is 0.0278. The van der Waals surface area contributed by atoms with E-state index in [2.05, 4.69) is 0 Å². The first-order valence-electron chi connectivity index (χ1n) is 5.67. The summed E-state index contributed by atoms with van der Waals surface area (Å²) >= 11 is 1.06. The van der Waals surface area contributed by atoms with Gasteiger partial charge in [0.15, 0.2) is 0 Å². The van der Waals surface area contributed by atoms with Gasteiger partial charge in [0, 0.05) is 28.6 Å². The van der Waals surface area contributed by atoms with Gasteiger partial charge in [-0.25, -0.2) is 8.42 Å². The van der Waals surface area contributed by atoms with Crippen LogP contribution in [-0.4, -0.2) is 32.3 Å². The predicted molar refractivity (Wildman–Crippen MR) is 71.5 cm³/mol. The van der Waals surface area contributed by atoms with E-state index in [9.17, 15) is 13.2 Å². The Hall–Kier alpha value is -0.590. The fourth-order valence-electron chi connectivity index (χ4n) is 1.84. The van der Waals surface area contributed by atoms with Crippen molar-refractivity contribution >= 4 is 37.0 Å². The molecule has 2 rings (SSSR count). The number of hydrogen-bond donors (Lipinski definition) is 0. The van der Waals surface area contributed by atoms with Crippen LogP contribution in [0.1, 0.15) is 24.1 Å². The molecule has 4 nitrogen and oxygen atoms in total. The molecule has 0 saturated heterocycles. The van der Waals surface area contributed by atoms with Gasteiger partial charge in [0.2, 0.25) is 5.91 Å². The van der Waals surface area contributed by atoms with E-state index in [4.69, 9.17) is 10.7 Å². The number of carbonyl (C=O) groups is 1. The van der Waals surface area contributed by atoms with Gasteiger partial charge in [-0.1, -0.05) is 0 Å². The summed E-state index contributed by atoms with van der Waals surface area (Å²) in [6.07, 6.45) is 3.54. The summed E-state index contributed by atoms with van der Waals surface area (Å²) in [4.78, 5) is 14.4. The third-order valence-electron chi connectivity index (χ3n) is 3.22. The van der Waals surface area contributed by atoms with Gasteiger partial charge in [0.1, 0.15) is 4.21 Å². The molecule has 1 amide bonds. The van der Waals surface area contributed by atoms with E-state index in [1.54, 1.807) is 18.0 Å². The van der Waals surface area contributed by atoms with Gasteiger partial charge >= 0.3 is 0 Å². The molecular formula is C11H14ClNO3S2. The van der Waals surface area contributed by atoms with Crippen molar-refractivity contribution in [1.29, 1.82) is 0 Å². The molecule has 0 radical (unpaired) electrons. The average molecular weight is 308 g/mol. The number of halogens is 1. The molecular weight excluding hydrogens is 294 g/mol. The van der Waals surface area contributed by atoms with Crippen LogP contribution in [0.3, 0.4) is 0 Å².